The molecule has 0 fully saturated rings. The Kier molecular flexibility index (Phi) is 3.51. The molecular formula is C16H12N6OS. The Balaban J connectivity index is 1.76. The molecule has 0 radical (unpaired) electrons. The third-order valence-corrected chi connectivity index (χ3v) is 4.10. The molecule has 24 heavy (non-hydrogen) atoms. The number of nitrogens with one attached hydrogen (secondary N) is 1. The molecule has 4 aromatic heterocycles. The highest BCUT2D eigenvalue weighted by molar-refractivity contribution is 7.13. The Hall–Kier alpha value is -3.13. The molecule has 0 atom stereocenters. The van der Waals surface area contributed by atoms with Crippen molar-refractivity contribution < 1.29 is 4.79 Å². The third-order valence-electron chi connectivity index (χ3n) is 3.41. The molecule has 118 valence electrons. The first-order valence-electron chi connectivity index (χ1n) is 7.20. The number of carbonyl (C=O) groups excluding carboxylic acids is 1. The second-order valence-corrected chi connectivity index (χ2v) is 6.00. The summed E-state index contributed by atoms with van der Waals surface area (Å²) in [6.45, 7) is 1.91. The van der Waals surface area contributed by atoms with Crippen LogP contribution in [0.5, 0.6) is 0 Å². The van der Waals surface area contributed by atoms with Crippen LogP contribution in [0.15, 0.2) is 48.2 Å². The number of aryl methyl sites for hydroxylation is 1. The fourth-order valence-corrected chi connectivity index (χ4v) is 2.86. The van der Waals surface area contributed by atoms with E-state index in [2.05, 4.69) is 25.4 Å². The minimum absolute atomic E-state index is 0.264. The van der Waals surface area contributed by atoms with E-state index in [-0.39, 0.29) is 5.91 Å². The van der Waals surface area contributed by atoms with Crippen LogP contribution in [0.4, 0.5) is 5.13 Å². The van der Waals surface area contributed by atoms with Crippen LogP contribution in [0.3, 0.4) is 0 Å². The second kappa shape index (κ2) is 5.82. The maximum atomic E-state index is 12.5. The van der Waals surface area contributed by atoms with Gasteiger partial charge in [0.25, 0.3) is 5.91 Å². The fourth-order valence-electron chi connectivity index (χ4n) is 2.34. The molecule has 0 aliphatic rings. The molecule has 4 rings (SSSR count). The average molecular weight is 336 g/mol. The van der Waals surface area contributed by atoms with E-state index in [0.29, 0.717) is 22.2 Å². The van der Waals surface area contributed by atoms with Gasteiger partial charge in [-0.05, 0) is 31.2 Å². The summed E-state index contributed by atoms with van der Waals surface area (Å²) in [5.74, 6) is 0.287. The topological polar surface area (TPSA) is 85.1 Å². The van der Waals surface area contributed by atoms with Gasteiger partial charge < -0.3 is 0 Å². The van der Waals surface area contributed by atoms with Crippen molar-refractivity contribution >= 4 is 28.0 Å². The number of carbonyl (C=O) groups is 1. The Labute approximate surface area is 141 Å². The Morgan fingerprint density at radius 1 is 1.25 bits per heavy atom. The van der Waals surface area contributed by atoms with Crippen molar-refractivity contribution in [3.63, 3.8) is 0 Å². The first-order chi connectivity index (χ1) is 11.7. The molecule has 4 aromatic rings. The van der Waals surface area contributed by atoms with Gasteiger partial charge in [-0.3, -0.25) is 15.1 Å². The Morgan fingerprint density at radius 2 is 2.17 bits per heavy atom. The molecule has 0 saturated carbocycles. The number of anilines is 1. The van der Waals surface area contributed by atoms with Gasteiger partial charge in [0.05, 0.1) is 5.56 Å². The number of hydrogen-bond donors (Lipinski definition) is 1. The van der Waals surface area contributed by atoms with Gasteiger partial charge in [0.1, 0.15) is 0 Å². The van der Waals surface area contributed by atoms with Crippen molar-refractivity contribution in [1.29, 1.82) is 0 Å². The fraction of sp³-hybridized carbons (Fsp3) is 0.0625. The Morgan fingerprint density at radius 3 is 2.96 bits per heavy atom. The largest absolute Gasteiger partial charge is 0.298 e. The van der Waals surface area contributed by atoms with Gasteiger partial charge in [0.15, 0.2) is 16.6 Å². The van der Waals surface area contributed by atoms with Crippen LogP contribution in [0.2, 0.25) is 0 Å². The molecule has 0 spiro atoms. The lowest BCUT2D eigenvalue weighted by molar-refractivity contribution is 0.102. The maximum absolute atomic E-state index is 12.5. The van der Waals surface area contributed by atoms with Crippen molar-refractivity contribution in [2.24, 2.45) is 0 Å². The van der Waals surface area contributed by atoms with E-state index in [4.69, 9.17) is 0 Å². The molecule has 8 heteroatoms. The summed E-state index contributed by atoms with van der Waals surface area (Å²) in [5, 5.41) is 9.57. The number of rotatable bonds is 3. The van der Waals surface area contributed by atoms with Crippen LogP contribution in [0.1, 0.15) is 16.1 Å². The maximum Gasteiger partial charge on any atom is 0.261 e. The van der Waals surface area contributed by atoms with Gasteiger partial charge in [-0.1, -0.05) is 0 Å². The molecule has 0 saturated heterocycles. The highest BCUT2D eigenvalue weighted by Gasteiger charge is 2.16. The summed E-state index contributed by atoms with van der Waals surface area (Å²) in [6.07, 6.45) is 5.12. The zero-order valence-electron chi connectivity index (χ0n) is 12.7. The lowest BCUT2D eigenvalue weighted by Gasteiger charge is -2.02. The van der Waals surface area contributed by atoms with Crippen molar-refractivity contribution in [2.45, 2.75) is 6.92 Å². The van der Waals surface area contributed by atoms with Crippen LogP contribution in [0, 0.1) is 6.92 Å². The van der Waals surface area contributed by atoms with E-state index in [1.807, 2.05) is 19.1 Å². The number of aromatic nitrogens is 5. The predicted molar refractivity (Wildman–Crippen MR) is 91.0 cm³/mol. The molecule has 0 unspecified atom stereocenters. The molecular weight excluding hydrogens is 324 g/mol. The lowest BCUT2D eigenvalue weighted by Crippen LogP contribution is -2.13. The zero-order valence-corrected chi connectivity index (χ0v) is 13.5. The number of fused-ring (bicyclic) bond motifs is 1. The minimum Gasteiger partial charge on any atom is -0.298 e. The summed E-state index contributed by atoms with van der Waals surface area (Å²) in [5.41, 5.74) is 2.68. The Bertz CT molecular complexity index is 1020. The lowest BCUT2D eigenvalue weighted by atomic mass is 10.2. The van der Waals surface area contributed by atoms with Crippen LogP contribution >= 0.6 is 11.3 Å². The molecule has 0 aliphatic carbocycles. The van der Waals surface area contributed by atoms with Gasteiger partial charge >= 0.3 is 0 Å². The summed E-state index contributed by atoms with van der Waals surface area (Å²) < 4.78 is 1.60. The average Bonchev–Trinajstić information content (AvgIpc) is 3.23. The highest BCUT2D eigenvalue weighted by Crippen LogP contribution is 2.19. The van der Waals surface area contributed by atoms with E-state index in [1.165, 1.54) is 11.3 Å². The van der Waals surface area contributed by atoms with E-state index < -0.39 is 0 Å². The van der Waals surface area contributed by atoms with Crippen LogP contribution in [-0.2, 0) is 0 Å². The number of nitrogens with zero attached hydrogens (tertiary/aromatic N) is 5. The van der Waals surface area contributed by atoms with Gasteiger partial charge in [0, 0.05) is 35.2 Å². The molecule has 1 amide bonds. The molecule has 0 aliphatic heterocycles. The van der Waals surface area contributed by atoms with E-state index in [9.17, 15) is 4.79 Å². The van der Waals surface area contributed by atoms with Gasteiger partial charge in [-0.2, -0.15) is 0 Å². The molecule has 1 N–H and O–H groups in total. The number of thiazole rings is 1. The van der Waals surface area contributed by atoms with E-state index in [1.54, 1.807) is 40.6 Å². The third kappa shape index (κ3) is 2.63. The minimum atomic E-state index is -0.264. The summed E-state index contributed by atoms with van der Waals surface area (Å²) in [7, 11) is 0. The predicted octanol–water partition coefficient (Wildman–Crippen LogP) is 2.81. The van der Waals surface area contributed by atoms with Crippen molar-refractivity contribution in [1.82, 2.24) is 24.6 Å². The SMILES string of the molecule is Cc1cc(-c2nc3c(C(=O)Nc4nccs4)cccn3n2)ccn1. The first kappa shape index (κ1) is 14.5. The summed E-state index contributed by atoms with van der Waals surface area (Å²) in [4.78, 5) is 25.2. The highest BCUT2D eigenvalue weighted by atomic mass is 32.1. The molecule has 4 heterocycles. The molecule has 7 nitrogen and oxygen atoms in total. The van der Waals surface area contributed by atoms with Crippen molar-refractivity contribution in [2.75, 3.05) is 5.32 Å². The zero-order chi connectivity index (χ0) is 16.5. The number of pyridine rings is 2. The summed E-state index contributed by atoms with van der Waals surface area (Å²) in [6, 6.07) is 7.23. The van der Waals surface area contributed by atoms with Crippen molar-refractivity contribution in [3.05, 3.63) is 59.5 Å². The first-order valence-corrected chi connectivity index (χ1v) is 8.08. The molecule has 0 bridgehead atoms. The quantitative estimate of drug-likeness (QED) is 0.622. The summed E-state index contributed by atoms with van der Waals surface area (Å²) >= 11 is 1.36. The number of hydrogen-bond acceptors (Lipinski definition) is 6. The number of amides is 1. The van der Waals surface area contributed by atoms with Crippen LogP contribution in [0.25, 0.3) is 17.0 Å². The van der Waals surface area contributed by atoms with Crippen molar-refractivity contribution in [3.8, 4) is 11.4 Å². The smallest absolute Gasteiger partial charge is 0.261 e. The standard InChI is InChI=1S/C16H12N6OS/c1-10-9-11(4-5-17-10)13-19-14-12(3-2-7-22(14)21-13)15(23)20-16-18-6-8-24-16/h2-9H,1H3,(H,18,20,23). The van der Waals surface area contributed by atoms with E-state index >= 15 is 0 Å². The van der Waals surface area contributed by atoms with Gasteiger partial charge in [-0.25, -0.2) is 14.5 Å². The molecule has 0 aromatic carbocycles. The van der Waals surface area contributed by atoms with Crippen LogP contribution in [-0.4, -0.2) is 30.5 Å². The van der Waals surface area contributed by atoms with Gasteiger partial charge in [0.2, 0.25) is 0 Å². The van der Waals surface area contributed by atoms with Crippen LogP contribution < -0.4 is 5.32 Å². The van der Waals surface area contributed by atoms with E-state index in [0.717, 1.165) is 11.3 Å². The second-order valence-electron chi connectivity index (χ2n) is 5.10. The normalized spacial score (nSPS) is 10.9. The van der Waals surface area contributed by atoms with Gasteiger partial charge in [-0.15, -0.1) is 16.4 Å². The monoisotopic (exact) mass is 336 g/mol.